The molecular weight excluding hydrogens is 384 g/mol. The number of urea groups is 1. The maximum absolute atomic E-state index is 13.1. The molecule has 0 radical (unpaired) electrons. The van der Waals surface area contributed by atoms with Crippen molar-refractivity contribution in [1.82, 2.24) is 15.8 Å². The van der Waals surface area contributed by atoms with Crippen molar-refractivity contribution in [2.24, 2.45) is 0 Å². The third-order valence-corrected chi connectivity index (χ3v) is 5.33. The molecule has 2 aromatic carbocycles. The van der Waals surface area contributed by atoms with Gasteiger partial charge in [-0.1, -0.05) is 62.7 Å². The second-order valence-corrected chi connectivity index (χ2v) is 7.47. The summed E-state index contributed by atoms with van der Waals surface area (Å²) in [4.78, 5) is 25.6. The van der Waals surface area contributed by atoms with E-state index < -0.39 is 11.6 Å². The van der Waals surface area contributed by atoms with Crippen molar-refractivity contribution in [2.45, 2.75) is 45.1 Å². The Kier molecular flexibility index (Phi) is 6.49. The number of hydrogen-bond donors (Lipinski definition) is 3. The second-order valence-electron chi connectivity index (χ2n) is 7.06. The third-order valence-electron chi connectivity index (χ3n) is 5.13. The predicted molar refractivity (Wildman–Crippen MR) is 118 cm³/mol. The maximum Gasteiger partial charge on any atom is 0.344 e. The van der Waals surface area contributed by atoms with Crippen LogP contribution in [0, 0.1) is 0 Å². The van der Waals surface area contributed by atoms with Crippen molar-refractivity contribution < 1.29 is 9.59 Å². The van der Waals surface area contributed by atoms with E-state index >= 15 is 0 Å². The summed E-state index contributed by atoms with van der Waals surface area (Å²) < 4.78 is 0. The minimum absolute atomic E-state index is 0.176. The van der Waals surface area contributed by atoms with Crippen LogP contribution in [0.1, 0.15) is 44.2 Å². The molecule has 3 amide bonds. The first-order valence-corrected chi connectivity index (χ1v) is 10.3. The quantitative estimate of drug-likeness (QED) is 0.474. The highest BCUT2D eigenvalue weighted by atomic mass is 32.1. The number of anilines is 1. The Balaban J connectivity index is 1.67. The number of hydrazine groups is 1. The minimum Gasteiger partial charge on any atom is -0.331 e. The Morgan fingerprint density at radius 1 is 1.07 bits per heavy atom. The zero-order valence-corrected chi connectivity index (χ0v) is 17.5. The molecule has 0 saturated carbocycles. The number of benzene rings is 2. The van der Waals surface area contributed by atoms with Gasteiger partial charge in [-0.2, -0.15) is 5.01 Å². The Hall–Kier alpha value is -2.93. The van der Waals surface area contributed by atoms with E-state index in [0.717, 1.165) is 35.5 Å². The lowest BCUT2D eigenvalue weighted by Gasteiger charge is -2.25. The van der Waals surface area contributed by atoms with E-state index in [1.807, 2.05) is 61.5 Å². The van der Waals surface area contributed by atoms with Gasteiger partial charge in [0.15, 0.2) is 5.11 Å². The van der Waals surface area contributed by atoms with Crippen molar-refractivity contribution in [3.05, 3.63) is 65.7 Å². The van der Waals surface area contributed by atoms with Gasteiger partial charge in [-0.25, -0.2) is 4.79 Å². The maximum atomic E-state index is 13.1. The molecule has 1 atom stereocenters. The smallest absolute Gasteiger partial charge is 0.331 e. The van der Waals surface area contributed by atoms with Crippen LogP contribution >= 0.6 is 12.2 Å². The van der Waals surface area contributed by atoms with Gasteiger partial charge in [0.25, 0.3) is 5.91 Å². The average molecular weight is 411 g/mol. The molecule has 7 heteroatoms. The number of carbonyl (C=O) groups excluding carboxylic acids is 2. The first-order valence-electron chi connectivity index (χ1n) is 9.89. The summed E-state index contributed by atoms with van der Waals surface area (Å²) in [5.74, 6) is -0.379. The molecule has 1 fully saturated rings. The summed E-state index contributed by atoms with van der Waals surface area (Å²) >= 11 is 5.31. The highest BCUT2D eigenvalue weighted by Crippen LogP contribution is 2.31. The molecule has 0 bridgehead atoms. The summed E-state index contributed by atoms with van der Waals surface area (Å²) in [6, 6.07) is 16.7. The van der Waals surface area contributed by atoms with Crippen LogP contribution in [0.15, 0.2) is 54.6 Å². The van der Waals surface area contributed by atoms with Gasteiger partial charge in [-0.15, -0.1) is 0 Å². The number of unbranched alkanes of at least 4 members (excludes halogenated alkanes) is 1. The predicted octanol–water partition coefficient (Wildman–Crippen LogP) is 4.09. The molecule has 6 nitrogen and oxygen atoms in total. The molecule has 1 aliphatic rings. The summed E-state index contributed by atoms with van der Waals surface area (Å²) in [6.45, 7) is 4.03. The van der Waals surface area contributed by atoms with Crippen LogP contribution in [-0.2, 0) is 16.8 Å². The number of rotatable bonds is 7. The van der Waals surface area contributed by atoms with E-state index in [0.29, 0.717) is 6.42 Å². The molecular formula is C22H26N4O2S. The van der Waals surface area contributed by atoms with Crippen molar-refractivity contribution in [3.63, 3.8) is 0 Å². The number of imide groups is 1. The van der Waals surface area contributed by atoms with E-state index in [2.05, 4.69) is 23.0 Å². The number of hydrogen-bond acceptors (Lipinski definition) is 3. The van der Waals surface area contributed by atoms with Crippen LogP contribution in [0.4, 0.5) is 10.5 Å². The van der Waals surface area contributed by atoms with E-state index in [1.165, 1.54) is 5.56 Å². The third kappa shape index (κ3) is 4.40. The van der Waals surface area contributed by atoms with E-state index in [9.17, 15) is 9.59 Å². The molecule has 0 unspecified atom stereocenters. The molecule has 1 saturated heterocycles. The molecule has 3 rings (SSSR count). The van der Waals surface area contributed by atoms with E-state index in [-0.39, 0.29) is 11.0 Å². The highest BCUT2D eigenvalue weighted by Gasteiger charge is 2.51. The van der Waals surface area contributed by atoms with Crippen LogP contribution in [0.5, 0.6) is 0 Å². The summed E-state index contributed by atoms with van der Waals surface area (Å²) in [6.07, 6.45) is 3.78. The lowest BCUT2D eigenvalue weighted by molar-refractivity contribution is -0.133. The van der Waals surface area contributed by atoms with Gasteiger partial charge in [0.1, 0.15) is 5.54 Å². The average Bonchev–Trinajstić information content (AvgIpc) is 2.99. The number of carbonyl (C=O) groups is 2. The van der Waals surface area contributed by atoms with Gasteiger partial charge >= 0.3 is 6.03 Å². The summed E-state index contributed by atoms with van der Waals surface area (Å²) in [5, 5.41) is 6.96. The molecule has 0 spiro atoms. The number of aryl methyl sites for hydroxylation is 1. The fraction of sp³-hybridized carbons (Fsp3) is 0.318. The number of amides is 3. The van der Waals surface area contributed by atoms with Gasteiger partial charge < -0.3 is 10.6 Å². The van der Waals surface area contributed by atoms with Crippen LogP contribution in [0.25, 0.3) is 0 Å². The van der Waals surface area contributed by atoms with Crippen molar-refractivity contribution >= 4 is 35.0 Å². The normalized spacial score (nSPS) is 18.5. The highest BCUT2D eigenvalue weighted by molar-refractivity contribution is 7.80. The lowest BCUT2D eigenvalue weighted by Crippen LogP contribution is -2.49. The standard InChI is InChI=1S/C22H26N4O2S/c1-3-5-9-16-12-14-18(15-13-16)23-20(29)25-26-19(27)22(4-2,24-21(26)28)17-10-7-6-8-11-17/h6-8,10-15H,3-5,9H2,1-2H3,(H,24,28)(H2,23,25,29)/t22-/m1/s1. The summed E-state index contributed by atoms with van der Waals surface area (Å²) in [5.41, 5.74) is 4.43. The topological polar surface area (TPSA) is 73.5 Å². The van der Waals surface area contributed by atoms with Gasteiger partial charge in [0.2, 0.25) is 0 Å². The SMILES string of the molecule is CCCCc1ccc(NC(=S)NN2C(=O)N[C@](CC)(c3ccccc3)C2=O)cc1. The molecule has 2 aromatic rings. The summed E-state index contributed by atoms with van der Waals surface area (Å²) in [7, 11) is 0. The fourth-order valence-corrected chi connectivity index (χ4v) is 3.64. The zero-order chi connectivity index (χ0) is 20.9. The number of nitrogens with zero attached hydrogens (tertiary/aromatic N) is 1. The van der Waals surface area contributed by atoms with Gasteiger partial charge in [-0.05, 0) is 54.7 Å². The molecule has 3 N–H and O–H groups in total. The van der Waals surface area contributed by atoms with Crippen LogP contribution < -0.4 is 16.1 Å². The van der Waals surface area contributed by atoms with Gasteiger partial charge in [-0.3, -0.25) is 10.2 Å². The second kappa shape index (κ2) is 9.05. The Morgan fingerprint density at radius 3 is 2.38 bits per heavy atom. The lowest BCUT2D eigenvalue weighted by atomic mass is 9.87. The molecule has 0 aromatic heterocycles. The minimum atomic E-state index is -1.10. The van der Waals surface area contributed by atoms with Crippen LogP contribution in [0.2, 0.25) is 0 Å². The Labute approximate surface area is 176 Å². The number of nitrogens with one attached hydrogen (secondary N) is 3. The van der Waals surface area contributed by atoms with E-state index in [1.54, 1.807) is 0 Å². The largest absolute Gasteiger partial charge is 0.344 e. The van der Waals surface area contributed by atoms with Gasteiger partial charge in [0.05, 0.1) is 0 Å². The van der Waals surface area contributed by atoms with Crippen molar-refractivity contribution in [3.8, 4) is 0 Å². The van der Waals surface area contributed by atoms with Crippen molar-refractivity contribution in [2.75, 3.05) is 5.32 Å². The monoisotopic (exact) mass is 410 g/mol. The molecule has 0 aliphatic carbocycles. The first-order chi connectivity index (χ1) is 14.0. The molecule has 152 valence electrons. The van der Waals surface area contributed by atoms with Crippen LogP contribution in [0.3, 0.4) is 0 Å². The molecule has 1 aliphatic heterocycles. The fourth-order valence-electron chi connectivity index (χ4n) is 3.43. The number of thiocarbonyl (C=S) groups is 1. The Morgan fingerprint density at radius 2 is 1.76 bits per heavy atom. The molecule has 29 heavy (non-hydrogen) atoms. The molecule has 1 heterocycles. The van der Waals surface area contributed by atoms with Gasteiger partial charge in [0, 0.05) is 5.69 Å². The first kappa shape index (κ1) is 20.8. The van der Waals surface area contributed by atoms with E-state index in [4.69, 9.17) is 12.2 Å². The zero-order valence-electron chi connectivity index (χ0n) is 16.7. The Bertz CT molecular complexity index is 885. The van der Waals surface area contributed by atoms with Crippen molar-refractivity contribution in [1.29, 1.82) is 0 Å². The van der Waals surface area contributed by atoms with Crippen LogP contribution in [-0.4, -0.2) is 22.1 Å².